The van der Waals surface area contributed by atoms with Gasteiger partial charge in [-0.3, -0.25) is 0 Å². The van der Waals surface area contributed by atoms with Gasteiger partial charge >= 0.3 is 0 Å². The predicted molar refractivity (Wildman–Crippen MR) is 75.0 cm³/mol. The zero-order valence-electron chi connectivity index (χ0n) is 13.2. The van der Waals surface area contributed by atoms with E-state index in [4.69, 9.17) is 9.47 Å². The van der Waals surface area contributed by atoms with Crippen molar-refractivity contribution in [2.75, 3.05) is 6.61 Å². The summed E-state index contributed by atoms with van der Waals surface area (Å²) in [5.41, 5.74) is 0. The molecule has 0 aliphatic rings. The minimum absolute atomic E-state index is 0.123. The molecule has 20 heavy (non-hydrogen) atoms. The maximum absolute atomic E-state index is 9.93. The van der Waals surface area contributed by atoms with E-state index in [1.54, 1.807) is 20.8 Å². The third-order valence-electron chi connectivity index (χ3n) is 2.74. The molecule has 4 N–H and O–H groups in total. The number of aliphatic hydroxyl groups excluding tert-OH is 2. The van der Waals surface area contributed by atoms with Crippen molar-refractivity contribution in [3.8, 4) is 0 Å². The van der Waals surface area contributed by atoms with Crippen molar-refractivity contribution in [1.82, 2.24) is 0 Å². The topological polar surface area (TPSA) is 99.4 Å². The average molecular weight is 294 g/mol. The highest BCUT2D eigenvalue weighted by atomic mass is 16.6. The fourth-order valence-corrected chi connectivity index (χ4v) is 2.14. The van der Waals surface area contributed by atoms with Crippen LogP contribution in [0.4, 0.5) is 0 Å². The molecule has 122 valence electrons. The Morgan fingerprint density at radius 2 is 1.35 bits per heavy atom. The minimum atomic E-state index is -1.39. The first-order chi connectivity index (χ1) is 8.93. The minimum Gasteiger partial charge on any atom is -0.393 e. The van der Waals surface area contributed by atoms with Crippen LogP contribution in [0.15, 0.2) is 0 Å². The van der Waals surface area contributed by atoms with Gasteiger partial charge in [-0.25, -0.2) is 0 Å². The highest BCUT2D eigenvalue weighted by molar-refractivity contribution is 4.68. The summed E-state index contributed by atoms with van der Waals surface area (Å²) < 4.78 is 10.7. The number of hydrogen-bond donors (Lipinski definition) is 4. The van der Waals surface area contributed by atoms with Crippen LogP contribution in [0.3, 0.4) is 0 Å². The SMILES string of the molecule is C[C@H](CCOC(C)(O)C[C@@H](C)O)OC(C)(O)C[C@@H](C)O. The highest BCUT2D eigenvalue weighted by Gasteiger charge is 2.27. The van der Waals surface area contributed by atoms with Crippen molar-refractivity contribution in [1.29, 1.82) is 0 Å². The van der Waals surface area contributed by atoms with Crippen LogP contribution in [0.25, 0.3) is 0 Å². The van der Waals surface area contributed by atoms with Crippen molar-refractivity contribution in [3.63, 3.8) is 0 Å². The Bertz CT molecular complexity index is 262. The van der Waals surface area contributed by atoms with Crippen LogP contribution in [0.2, 0.25) is 0 Å². The molecule has 0 aromatic rings. The van der Waals surface area contributed by atoms with Gasteiger partial charge in [0.15, 0.2) is 11.6 Å². The van der Waals surface area contributed by atoms with Gasteiger partial charge in [-0.1, -0.05) is 0 Å². The van der Waals surface area contributed by atoms with E-state index in [1.807, 2.05) is 0 Å². The van der Waals surface area contributed by atoms with Crippen LogP contribution in [0.1, 0.15) is 53.9 Å². The van der Waals surface area contributed by atoms with Gasteiger partial charge in [0, 0.05) is 12.8 Å². The molecule has 6 heteroatoms. The number of rotatable bonds is 10. The molecule has 0 bridgehead atoms. The second kappa shape index (κ2) is 8.26. The van der Waals surface area contributed by atoms with E-state index in [1.165, 1.54) is 13.8 Å². The van der Waals surface area contributed by atoms with E-state index in [9.17, 15) is 20.4 Å². The lowest BCUT2D eigenvalue weighted by Gasteiger charge is -2.30. The normalized spacial score (nSPS) is 22.6. The fourth-order valence-electron chi connectivity index (χ4n) is 2.14. The van der Waals surface area contributed by atoms with E-state index < -0.39 is 23.8 Å². The Kier molecular flexibility index (Phi) is 8.16. The average Bonchev–Trinajstić information content (AvgIpc) is 2.10. The first kappa shape index (κ1) is 19.8. The van der Waals surface area contributed by atoms with Crippen molar-refractivity contribution in [3.05, 3.63) is 0 Å². The van der Waals surface area contributed by atoms with Gasteiger partial charge in [-0.15, -0.1) is 0 Å². The maximum atomic E-state index is 9.93. The Balaban J connectivity index is 4.02. The largest absolute Gasteiger partial charge is 0.393 e. The van der Waals surface area contributed by atoms with Gasteiger partial charge in [0.25, 0.3) is 0 Å². The Labute approximate surface area is 121 Å². The lowest BCUT2D eigenvalue weighted by atomic mass is 10.1. The zero-order valence-corrected chi connectivity index (χ0v) is 13.2. The smallest absolute Gasteiger partial charge is 0.165 e. The van der Waals surface area contributed by atoms with E-state index >= 15 is 0 Å². The lowest BCUT2D eigenvalue weighted by Crippen LogP contribution is -2.37. The zero-order chi connectivity index (χ0) is 16.0. The van der Waals surface area contributed by atoms with Gasteiger partial charge in [0.2, 0.25) is 0 Å². The molecule has 0 fully saturated rings. The van der Waals surface area contributed by atoms with E-state index in [0.717, 1.165) is 0 Å². The summed E-state index contributed by atoms with van der Waals surface area (Å²) in [6, 6.07) is 0. The molecule has 0 amide bonds. The second-order valence-corrected chi connectivity index (χ2v) is 6.02. The quantitative estimate of drug-likeness (QED) is 0.444. The van der Waals surface area contributed by atoms with Crippen molar-refractivity contribution >= 4 is 0 Å². The fraction of sp³-hybridized carbons (Fsp3) is 1.00. The number of ether oxygens (including phenoxy) is 2. The third-order valence-corrected chi connectivity index (χ3v) is 2.74. The Morgan fingerprint density at radius 3 is 1.80 bits per heavy atom. The molecule has 0 heterocycles. The van der Waals surface area contributed by atoms with Crippen molar-refractivity contribution in [2.24, 2.45) is 0 Å². The van der Waals surface area contributed by atoms with Crippen LogP contribution in [-0.4, -0.2) is 56.9 Å². The van der Waals surface area contributed by atoms with Crippen LogP contribution in [0.5, 0.6) is 0 Å². The van der Waals surface area contributed by atoms with Crippen LogP contribution in [0, 0.1) is 0 Å². The molecule has 0 saturated heterocycles. The number of aliphatic hydroxyl groups is 4. The van der Waals surface area contributed by atoms with Gasteiger partial charge in [-0.2, -0.15) is 0 Å². The van der Waals surface area contributed by atoms with Gasteiger partial charge in [-0.05, 0) is 41.0 Å². The molecule has 0 aromatic heterocycles. The van der Waals surface area contributed by atoms with Gasteiger partial charge < -0.3 is 29.9 Å². The predicted octanol–water partition coefficient (Wildman–Crippen LogP) is 0.757. The molecule has 0 radical (unpaired) electrons. The van der Waals surface area contributed by atoms with E-state index in [0.29, 0.717) is 6.42 Å². The van der Waals surface area contributed by atoms with E-state index in [2.05, 4.69) is 0 Å². The van der Waals surface area contributed by atoms with Crippen LogP contribution >= 0.6 is 0 Å². The molecular formula is C14H30O6. The Hall–Kier alpha value is -0.240. The molecule has 0 aromatic carbocycles. The summed E-state index contributed by atoms with van der Waals surface area (Å²) in [7, 11) is 0. The van der Waals surface area contributed by atoms with Crippen LogP contribution < -0.4 is 0 Å². The summed E-state index contributed by atoms with van der Waals surface area (Å²) in [5, 5.41) is 38.2. The molecular weight excluding hydrogens is 264 g/mol. The summed E-state index contributed by atoms with van der Waals surface area (Å²) in [5.74, 6) is -2.77. The van der Waals surface area contributed by atoms with Crippen molar-refractivity contribution < 1.29 is 29.9 Å². The van der Waals surface area contributed by atoms with Crippen LogP contribution in [-0.2, 0) is 9.47 Å². The summed E-state index contributed by atoms with van der Waals surface area (Å²) in [6.07, 6.45) is -0.858. The summed E-state index contributed by atoms with van der Waals surface area (Å²) in [4.78, 5) is 0. The standard InChI is InChI=1S/C14H30O6/c1-10(15)8-13(4,17)19-7-6-12(3)20-14(5,18)9-11(2)16/h10-12,15-18H,6-9H2,1-5H3/t10-,11-,12-,13?,14?/m1/s1. The number of hydrogen-bond acceptors (Lipinski definition) is 6. The molecule has 0 saturated carbocycles. The van der Waals surface area contributed by atoms with Gasteiger partial charge in [0.05, 0.1) is 24.9 Å². The third kappa shape index (κ3) is 10.5. The van der Waals surface area contributed by atoms with Gasteiger partial charge in [0.1, 0.15) is 0 Å². The monoisotopic (exact) mass is 294 g/mol. The molecule has 0 spiro atoms. The second-order valence-electron chi connectivity index (χ2n) is 6.02. The summed E-state index contributed by atoms with van der Waals surface area (Å²) in [6.45, 7) is 8.18. The molecule has 0 aliphatic heterocycles. The summed E-state index contributed by atoms with van der Waals surface area (Å²) >= 11 is 0. The van der Waals surface area contributed by atoms with E-state index in [-0.39, 0.29) is 25.6 Å². The molecule has 5 atom stereocenters. The molecule has 0 aliphatic carbocycles. The Morgan fingerprint density at radius 1 is 0.900 bits per heavy atom. The maximum Gasteiger partial charge on any atom is 0.165 e. The first-order valence-corrected chi connectivity index (χ1v) is 7.06. The molecule has 6 nitrogen and oxygen atoms in total. The first-order valence-electron chi connectivity index (χ1n) is 7.06. The highest BCUT2D eigenvalue weighted by Crippen LogP contribution is 2.19. The lowest BCUT2D eigenvalue weighted by molar-refractivity contribution is -0.239. The molecule has 0 rings (SSSR count). The molecule has 2 unspecified atom stereocenters. The van der Waals surface area contributed by atoms with Crippen molar-refractivity contribution in [2.45, 2.75) is 83.8 Å².